The van der Waals surface area contributed by atoms with Gasteiger partial charge in [-0.05, 0) is 118 Å². The topological polar surface area (TPSA) is 0 Å². The molecule has 0 atom stereocenters. The Hall–Kier alpha value is -6.24. The molecule has 52 heavy (non-hydrogen) atoms. The van der Waals surface area contributed by atoms with E-state index in [1.54, 1.807) is 0 Å². The van der Waals surface area contributed by atoms with Crippen LogP contribution in [0.15, 0.2) is 182 Å². The van der Waals surface area contributed by atoms with Gasteiger partial charge < -0.3 is 0 Å². The highest BCUT2D eigenvalue weighted by atomic mass is 14.4. The van der Waals surface area contributed by atoms with Gasteiger partial charge in [-0.3, -0.25) is 0 Å². The molecular weight excluding hydrogens is 625 g/mol. The molecular formula is C52H38. The minimum atomic E-state index is -0.0391. The fourth-order valence-electron chi connectivity index (χ4n) is 9.02. The summed E-state index contributed by atoms with van der Waals surface area (Å²) in [5, 5.41) is 7.75. The Balaban J connectivity index is 1.15. The van der Waals surface area contributed by atoms with Gasteiger partial charge in [0.2, 0.25) is 0 Å². The van der Waals surface area contributed by atoms with Crippen LogP contribution in [0, 0.1) is 0 Å². The SMILES string of the molecule is CC1(C)c2ccccc2-c2ccc(-c3ccccc3Cc3c4ccccc4c(-c4cccc5ccc(-c6ccccc6)cc45)c4ccccc34)cc21. The molecule has 0 spiro atoms. The van der Waals surface area contributed by atoms with Crippen molar-refractivity contribution in [2.75, 3.05) is 0 Å². The highest BCUT2D eigenvalue weighted by Crippen LogP contribution is 2.50. The average Bonchev–Trinajstić information content (AvgIpc) is 3.43. The van der Waals surface area contributed by atoms with Crippen molar-refractivity contribution in [2.45, 2.75) is 25.7 Å². The number of fused-ring (bicyclic) bond motifs is 6. The molecule has 0 heterocycles. The number of hydrogen-bond donors (Lipinski definition) is 0. The molecule has 246 valence electrons. The minimum Gasteiger partial charge on any atom is -0.0622 e. The molecule has 0 amide bonds. The first-order valence-electron chi connectivity index (χ1n) is 18.4. The van der Waals surface area contributed by atoms with Crippen LogP contribution in [0.2, 0.25) is 0 Å². The van der Waals surface area contributed by atoms with Gasteiger partial charge in [0.15, 0.2) is 0 Å². The summed E-state index contributed by atoms with van der Waals surface area (Å²) in [6.07, 6.45) is 0.839. The quantitative estimate of drug-likeness (QED) is 0.161. The molecule has 0 fully saturated rings. The highest BCUT2D eigenvalue weighted by Gasteiger charge is 2.35. The molecule has 10 rings (SSSR count). The normalized spacial score (nSPS) is 13.0. The lowest BCUT2D eigenvalue weighted by Crippen LogP contribution is -2.14. The summed E-state index contributed by atoms with van der Waals surface area (Å²) in [4.78, 5) is 0. The minimum absolute atomic E-state index is 0.0391. The largest absolute Gasteiger partial charge is 0.0622 e. The van der Waals surface area contributed by atoms with Crippen molar-refractivity contribution in [3.05, 3.63) is 204 Å². The summed E-state index contributed by atoms with van der Waals surface area (Å²) in [7, 11) is 0. The molecule has 0 aliphatic heterocycles. The maximum Gasteiger partial charge on any atom is 0.0159 e. The maximum atomic E-state index is 2.46. The second-order valence-electron chi connectivity index (χ2n) is 14.8. The Labute approximate surface area is 305 Å². The third-order valence-corrected chi connectivity index (χ3v) is 11.6. The Morgan fingerprint density at radius 2 is 0.962 bits per heavy atom. The lowest BCUT2D eigenvalue weighted by Gasteiger charge is -2.22. The molecule has 1 aliphatic carbocycles. The lowest BCUT2D eigenvalue weighted by atomic mass is 9.81. The first kappa shape index (κ1) is 30.6. The van der Waals surface area contributed by atoms with Crippen molar-refractivity contribution in [1.82, 2.24) is 0 Å². The summed E-state index contributed by atoms with van der Waals surface area (Å²) in [5.41, 5.74) is 15.9. The van der Waals surface area contributed by atoms with Crippen molar-refractivity contribution in [1.29, 1.82) is 0 Å². The molecule has 0 unspecified atom stereocenters. The second-order valence-corrected chi connectivity index (χ2v) is 14.8. The predicted molar refractivity (Wildman–Crippen MR) is 222 cm³/mol. The van der Waals surface area contributed by atoms with E-state index in [9.17, 15) is 0 Å². The van der Waals surface area contributed by atoms with Gasteiger partial charge in [0, 0.05) is 5.41 Å². The van der Waals surface area contributed by atoms with Crippen molar-refractivity contribution in [2.24, 2.45) is 0 Å². The van der Waals surface area contributed by atoms with Crippen LogP contribution in [0.25, 0.3) is 76.8 Å². The maximum absolute atomic E-state index is 2.46. The highest BCUT2D eigenvalue weighted by molar-refractivity contribution is 6.19. The van der Waals surface area contributed by atoms with Crippen molar-refractivity contribution in [3.63, 3.8) is 0 Å². The molecule has 9 aromatic rings. The number of benzene rings is 9. The third-order valence-electron chi connectivity index (χ3n) is 11.6. The Morgan fingerprint density at radius 1 is 0.365 bits per heavy atom. The van der Waals surface area contributed by atoms with Crippen LogP contribution in [0.1, 0.15) is 36.1 Å². The number of rotatable bonds is 5. The summed E-state index contributed by atoms with van der Waals surface area (Å²) in [6.45, 7) is 4.73. The molecule has 1 aliphatic rings. The fraction of sp³-hybridized carbons (Fsp3) is 0.0769. The molecule has 0 aromatic heterocycles. The van der Waals surface area contributed by atoms with E-state index >= 15 is 0 Å². The molecule has 0 heteroatoms. The van der Waals surface area contributed by atoms with Crippen molar-refractivity contribution in [3.8, 4) is 44.5 Å². The Bertz CT molecular complexity index is 2780. The molecule has 0 bridgehead atoms. The fourth-order valence-corrected chi connectivity index (χ4v) is 9.02. The van der Waals surface area contributed by atoms with Gasteiger partial charge in [-0.1, -0.05) is 184 Å². The first-order chi connectivity index (χ1) is 25.6. The van der Waals surface area contributed by atoms with Gasteiger partial charge in [-0.25, -0.2) is 0 Å². The zero-order chi connectivity index (χ0) is 34.8. The zero-order valence-electron chi connectivity index (χ0n) is 29.5. The smallest absolute Gasteiger partial charge is 0.0159 e. The van der Waals surface area contributed by atoms with E-state index in [0.29, 0.717) is 0 Å². The molecule has 9 aromatic carbocycles. The van der Waals surface area contributed by atoms with Crippen LogP contribution >= 0.6 is 0 Å². The lowest BCUT2D eigenvalue weighted by molar-refractivity contribution is 0.660. The van der Waals surface area contributed by atoms with Crippen LogP contribution in [0.3, 0.4) is 0 Å². The first-order valence-corrected chi connectivity index (χ1v) is 18.4. The molecule has 0 nitrogen and oxygen atoms in total. The molecule has 0 saturated carbocycles. The van der Waals surface area contributed by atoms with E-state index in [0.717, 1.165) is 6.42 Å². The second kappa shape index (κ2) is 11.9. The van der Waals surface area contributed by atoms with Gasteiger partial charge >= 0.3 is 0 Å². The van der Waals surface area contributed by atoms with Gasteiger partial charge in [-0.2, -0.15) is 0 Å². The summed E-state index contributed by atoms with van der Waals surface area (Å²) < 4.78 is 0. The van der Waals surface area contributed by atoms with Gasteiger partial charge in [-0.15, -0.1) is 0 Å². The van der Waals surface area contributed by atoms with E-state index in [1.165, 1.54) is 99.1 Å². The summed E-state index contributed by atoms with van der Waals surface area (Å²) in [6, 6.07) is 67.6. The molecule has 0 saturated heterocycles. The van der Waals surface area contributed by atoms with Crippen molar-refractivity contribution >= 4 is 32.3 Å². The van der Waals surface area contributed by atoms with Crippen LogP contribution in [-0.4, -0.2) is 0 Å². The predicted octanol–water partition coefficient (Wildman–Crippen LogP) is 14.0. The molecule has 0 radical (unpaired) electrons. The standard InChI is InChI=1S/C52H38/c1-52(2)49-26-13-12-22-42(49)43-30-29-38(33-50(43)52)39-19-7-6-17-37(39)32-48-40-20-8-10-23-44(40)51(45-24-11-9-21-41(45)48)46-25-14-18-35-27-28-36(31-47(35)46)34-15-4-3-5-16-34/h3-31,33H,32H2,1-2H3. The third kappa shape index (κ3) is 4.75. The van der Waals surface area contributed by atoms with E-state index in [2.05, 4.69) is 196 Å². The van der Waals surface area contributed by atoms with Gasteiger partial charge in [0.25, 0.3) is 0 Å². The van der Waals surface area contributed by atoms with Crippen LogP contribution < -0.4 is 0 Å². The van der Waals surface area contributed by atoms with Crippen LogP contribution in [0.4, 0.5) is 0 Å². The van der Waals surface area contributed by atoms with E-state index < -0.39 is 0 Å². The molecule has 0 N–H and O–H groups in total. The van der Waals surface area contributed by atoms with E-state index in [-0.39, 0.29) is 5.41 Å². The van der Waals surface area contributed by atoms with Crippen LogP contribution in [-0.2, 0) is 11.8 Å². The van der Waals surface area contributed by atoms with E-state index in [4.69, 9.17) is 0 Å². The monoisotopic (exact) mass is 662 g/mol. The zero-order valence-corrected chi connectivity index (χ0v) is 29.5. The van der Waals surface area contributed by atoms with Gasteiger partial charge in [0.05, 0.1) is 0 Å². The Morgan fingerprint density at radius 3 is 1.73 bits per heavy atom. The Kier molecular flexibility index (Phi) is 7.01. The average molecular weight is 663 g/mol. The number of hydrogen-bond acceptors (Lipinski definition) is 0. The summed E-state index contributed by atoms with van der Waals surface area (Å²) >= 11 is 0. The van der Waals surface area contributed by atoms with Crippen LogP contribution in [0.5, 0.6) is 0 Å². The van der Waals surface area contributed by atoms with Gasteiger partial charge in [0.1, 0.15) is 0 Å². The summed E-state index contributed by atoms with van der Waals surface area (Å²) in [5.74, 6) is 0. The van der Waals surface area contributed by atoms with E-state index in [1.807, 2.05) is 0 Å². The van der Waals surface area contributed by atoms with Crippen molar-refractivity contribution < 1.29 is 0 Å².